The second-order valence-corrected chi connectivity index (χ2v) is 4.91. The van der Waals surface area contributed by atoms with Gasteiger partial charge < -0.3 is 4.74 Å². The molecule has 0 spiro atoms. The molecule has 16 heavy (non-hydrogen) atoms. The van der Waals surface area contributed by atoms with Crippen LogP contribution in [0, 0.1) is 0 Å². The zero-order valence-electron chi connectivity index (χ0n) is 9.50. The molecule has 0 aromatic heterocycles. The van der Waals surface area contributed by atoms with Crippen LogP contribution in [-0.2, 0) is 9.53 Å². The van der Waals surface area contributed by atoms with Gasteiger partial charge in [-0.05, 0) is 20.8 Å². The fourth-order valence-electron chi connectivity index (χ4n) is 1.42. The highest BCUT2D eigenvalue weighted by atomic mass is 19.3. The normalized spacial score (nSPS) is 19.8. The van der Waals surface area contributed by atoms with E-state index < -0.39 is 36.5 Å². The predicted molar refractivity (Wildman–Crippen MR) is 52.1 cm³/mol. The summed E-state index contributed by atoms with van der Waals surface area (Å²) in [6.45, 7) is 4.93. The highest BCUT2D eigenvalue weighted by molar-refractivity contribution is 5.81. The minimum atomic E-state index is -2.77. The molecule has 1 saturated carbocycles. The van der Waals surface area contributed by atoms with Gasteiger partial charge in [-0.25, -0.2) is 18.5 Å². The van der Waals surface area contributed by atoms with E-state index in [1.807, 2.05) is 0 Å². The summed E-state index contributed by atoms with van der Waals surface area (Å²) in [5.41, 5.74) is -0.745. The molecule has 0 aromatic rings. The number of carbonyl (C=O) groups is 2. The van der Waals surface area contributed by atoms with E-state index in [4.69, 9.17) is 4.74 Å². The van der Waals surface area contributed by atoms with Gasteiger partial charge in [0.05, 0.1) is 6.04 Å². The van der Waals surface area contributed by atoms with Crippen molar-refractivity contribution in [2.45, 2.75) is 51.2 Å². The van der Waals surface area contributed by atoms with Gasteiger partial charge in [0, 0.05) is 12.8 Å². The van der Waals surface area contributed by atoms with Crippen LogP contribution in [0.1, 0.15) is 33.6 Å². The van der Waals surface area contributed by atoms with Crippen LogP contribution in [0.15, 0.2) is 0 Å². The summed E-state index contributed by atoms with van der Waals surface area (Å²) in [6.07, 6.45) is -1.59. The largest absolute Gasteiger partial charge is 0.443 e. The molecule has 92 valence electrons. The third-order valence-corrected chi connectivity index (χ3v) is 2.18. The molecule has 0 saturated heterocycles. The van der Waals surface area contributed by atoms with Gasteiger partial charge in [0.2, 0.25) is 6.41 Å². The molecule has 1 fully saturated rings. The van der Waals surface area contributed by atoms with Gasteiger partial charge in [0.15, 0.2) is 0 Å². The fourth-order valence-corrected chi connectivity index (χ4v) is 1.42. The maximum Gasteiger partial charge on any atom is 0.417 e. The third-order valence-electron chi connectivity index (χ3n) is 2.18. The summed E-state index contributed by atoms with van der Waals surface area (Å²) >= 11 is 0. The lowest BCUT2D eigenvalue weighted by Crippen LogP contribution is -2.53. The number of amides is 2. The SMILES string of the molecule is CC(C)(C)OC(=O)N(C=O)C1CC(F)(F)C1. The van der Waals surface area contributed by atoms with Crippen LogP contribution in [0.5, 0.6) is 0 Å². The summed E-state index contributed by atoms with van der Waals surface area (Å²) in [5.74, 6) is -2.77. The van der Waals surface area contributed by atoms with Crippen LogP contribution in [0.2, 0.25) is 0 Å². The Morgan fingerprint density at radius 1 is 1.44 bits per heavy atom. The van der Waals surface area contributed by atoms with Crippen LogP contribution < -0.4 is 0 Å². The maximum absolute atomic E-state index is 12.6. The van der Waals surface area contributed by atoms with E-state index in [-0.39, 0.29) is 6.41 Å². The predicted octanol–water partition coefficient (Wildman–Crippen LogP) is 2.18. The number of alkyl halides is 2. The van der Waals surface area contributed by atoms with Gasteiger partial charge in [-0.15, -0.1) is 0 Å². The molecule has 0 heterocycles. The van der Waals surface area contributed by atoms with Crippen molar-refractivity contribution in [3.63, 3.8) is 0 Å². The van der Waals surface area contributed by atoms with E-state index in [0.717, 1.165) is 0 Å². The number of nitrogens with zero attached hydrogens (tertiary/aromatic N) is 1. The van der Waals surface area contributed by atoms with Crippen molar-refractivity contribution in [3.05, 3.63) is 0 Å². The number of imide groups is 1. The average Bonchev–Trinajstić information content (AvgIpc) is 1.98. The minimum absolute atomic E-state index is 0.244. The van der Waals surface area contributed by atoms with Crippen LogP contribution in [0.3, 0.4) is 0 Å². The van der Waals surface area contributed by atoms with Gasteiger partial charge in [-0.3, -0.25) is 4.79 Å². The number of rotatable bonds is 2. The first-order valence-corrected chi connectivity index (χ1v) is 4.99. The Bertz CT molecular complexity index is 291. The van der Waals surface area contributed by atoms with Crippen molar-refractivity contribution < 1.29 is 23.1 Å². The van der Waals surface area contributed by atoms with E-state index in [2.05, 4.69) is 0 Å². The second-order valence-electron chi connectivity index (χ2n) is 4.91. The van der Waals surface area contributed by atoms with Crippen molar-refractivity contribution in [3.8, 4) is 0 Å². The summed E-state index contributed by atoms with van der Waals surface area (Å²) in [6, 6.07) is -0.748. The zero-order chi connectivity index (χ0) is 12.6. The van der Waals surface area contributed by atoms with Gasteiger partial charge >= 0.3 is 6.09 Å². The third kappa shape index (κ3) is 3.15. The van der Waals surface area contributed by atoms with Crippen molar-refractivity contribution in [2.75, 3.05) is 0 Å². The number of ether oxygens (including phenoxy) is 1. The number of hydrogen-bond donors (Lipinski definition) is 0. The average molecular weight is 235 g/mol. The molecule has 0 atom stereocenters. The molecule has 2 amide bonds. The molecular weight excluding hydrogens is 220 g/mol. The fraction of sp³-hybridized carbons (Fsp3) is 0.800. The number of carbonyl (C=O) groups excluding carboxylic acids is 2. The molecule has 1 aliphatic carbocycles. The second kappa shape index (κ2) is 3.99. The highest BCUT2D eigenvalue weighted by Gasteiger charge is 2.50. The molecule has 0 unspecified atom stereocenters. The van der Waals surface area contributed by atoms with E-state index >= 15 is 0 Å². The molecular formula is C10H15F2NO3. The van der Waals surface area contributed by atoms with Crippen LogP contribution in [0.4, 0.5) is 13.6 Å². The van der Waals surface area contributed by atoms with Gasteiger partial charge in [0.25, 0.3) is 5.92 Å². The Kier molecular flexibility index (Phi) is 3.21. The van der Waals surface area contributed by atoms with Crippen molar-refractivity contribution in [2.24, 2.45) is 0 Å². The van der Waals surface area contributed by atoms with Gasteiger partial charge in [0.1, 0.15) is 5.60 Å². The Morgan fingerprint density at radius 2 is 1.94 bits per heavy atom. The first-order valence-electron chi connectivity index (χ1n) is 4.99. The lowest BCUT2D eigenvalue weighted by atomic mass is 9.87. The molecule has 0 aromatic carbocycles. The Balaban J connectivity index is 2.56. The lowest BCUT2D eigenvalue weighted by molar-refractivity contribution is -0.140. The summed E-state index contributed by atoms with van der Waals surface area (Å²) < 4.78 is 30.1. The van der Waals surface area contributed by atoms with Gasteiger partial charge in [-0.2, -0.15) is 0 Å². The van der Waals surface area contributed by atoms with Crippen LogP contribution >= 0.6 is 0 Å². The Hall–Kier alpha value is -1.20. The highest BCUT2D eigenvalue weighted by Crippen LogP contribution is 2.40. The molecule has 6 heteroatoms. The Morgan fingerprint density at radius 3 is 2.25 bits per heavy atom. The molecule has 0 N–H and O–H groups in total. The molecule has 4 nitrogen and oxygen atoms in total. The van der Waals surface area contributed by atoms with E-state index in [0.29, 0.717) is 4.90 Å². The first-order chi connectivity index (χ1) is 7.14. The van der Waals surface area contributed by atoms with Crippen molar-refractivity contribution >= 4 is 12.5 Å². The molecule has 0 aliphatic heterocycles. The molecule has 1 aliphatic rings. The molecule has 0 radical (unpaired) electrons. The monoisotopic (exact) mass is 235 g/mol. The number of halogens is 2. The standard InChI is InChI=1S/C10H15F2NO3/c1-9(2,3)16-8(15)13(6-14)7-4-10(11,12)5-7/h6-7H,4-5H2,1-3H3. The van der Waals surface area contributed by atoms with Crippen LogP contribution in [0.25, 0.3) is 0 Å². The summed E-state index contributed by atoms with van der Waals surface area (Å²) in [5, 5.41) is 0. The van der Waals surface area contributed by atoms with Gasteiger partial charge in [-0.1, -0.05) is 0 Å². The van der Waals surface area contributed by atoms with Crippen molar-refractivity contribution in [1.82, 2.24) is 4.90 Å². The lowest BCUT2D eigenvalue weighted by Gasteiger charge is -2.39. The minimum Gasteiger partial charge on any atom is -0.443 e. The summed E-state index contributed by atoms with van der Waals surface area (Å²) in [7, 11) is 0. The van der Waals surface area contributed by atoms with E-state index in [1.54, 1.807) is 20.8 Å². The quantitative estimate of drug-likeness (QED) is 0.689. The smallest absolute Gasteiger partial charge is 0.417 e. The van der Waals surface area contributed by atoms with E-state index in [1.165, 1.54) is 0 Å². The Labute approximate surface area is 92.5 Å². The topological polar surface area (TPSA) is 46.6 Å². The molecule has 0 bridgehead atoms. The molecule has 1 rings (SSSR count). The summed E-state index contributed by atoms with van der Waals surface area (Å²) in [4.78, 5) is 22.8. The maximum atomic E-state index is 12.6. The number of hydrogen-bond acceptors (Lipinski definition) is 3. The van der Waals surface area contributed by atoms with E-state index in [9.17, 15) is 18.4 Å². The van der Waals surface area contributed by atoms with Crippen molar-refractivity contribution in [1.29, 1.82) is 0 Å². The van der Waals surface area contributed by atoms with Crippen LogP contribution in [-0.4, -0.2) is 35.0 Å². The zero-order valence-corrected chi connectivity index (χ0v) is 9.50. The first kappa shape index (κ1) is 12.9.